The molecule has 0 amide bonds. The van der Waals surface area contributed by atoms with Crippen molar-refractivity contribution in [3.8, 4) is 0 Å². The smallest absolute Gasteiger partial charge is 0.321 e. The summed E-state index contributed by atoms with van der Waals surface area (Å²) in [6, 6.07) is -0.990. The zero-order chi connectivity index (χ0) is 11.5. The first-order chi connectivity index (χ1) is 6.97. The second-order valence-corrected chi connectivity index (χ2v) is 5.86. The van der Waals surface area contributed by atoms with Crippen LogP contribution in [-0.4, -0.2) is 30.8 Å². The van der Waals surface area contributed by atoms with Crippen molar-refractivity contribution in [3.05, 3.63) is 0 Å². The maximum atomic E-state index is 11.7. The molecule has 1 aliphatic carbocycles. The number of aliphatic carboxylic acids is 1. The fourth-order valence-electron chi connectivity index (χ4n) is 1.80. The third-order valence-electron chi connectivity index (χ3n) is 2.75. The maximum Gasteiger partial charge on any atom is 0.321 e. The zero-order valence-electron chi connectivity index (χ0n) is 8.77. The third-order valence-corrected chi connectivity index (χ3v) is 4.72. The van der Waals surface area contributed by atoms with E-state index in [2.05, 4.69) is 4.72 Å². The van der Waals surface area contributed by atoms with Crippen LogP contribution in [0.25, 0.3) is 0 Å². The molecule has 2 N–H and O–H groups in total. The molecule has 0 heterocycles. The number of nitrogens with one attached hydrogen (secondary N) is 1. The molecule has 1 rings (SSSR count). The number of carbonyl (C=O) groups is 1. The van der Waals surface area contributed by atoms with Crippen LogP contribution in [0.4, 0.5) is 0 Å². The molecule has 6 heteroatoms. The summed E-state index contributed by atoms with van der Waals surface area (Å²) in [4.78, 5) is 10.7. The van der Waals surface area contributed by atoms with Crippen molar-refractivity contribution in [2.45, 2.75) is 50.3 Å². The Bertz CT molecular complexity index is 319. The first-order valence-electron chi connectivity index (χ1n) is 5.21. The van der Waals surface area contributed by atoms with E-state index in [1.807, 2.05) is 0 Å². The number of rotatable bonds is 5. The van der Waals surface area contributed by atoms with Gasteiger partial charge in [-0.3, -0.25) is 4.79 Å². The lowest BCUT2D eigenvalue weighted by molar-refractivity contribution is -0.139. The van der Waals surface area contributed by atoms with Gasteiger partial charge in [0.25, 0.3) is 0 Å². The van der Waals surface area contributed by atoms with Crippen molar-refractivity contribution in [1.29, 1.82) is 0 Å². The van der Waals surface area contributed by atoms with E-state index in [9.17, 15) is 13.2 Å². The maximum absolute atomic E-state index is 11.7. The van der Waals surface area contributed by atoms with Gasteiger partial charge < -0.3 is 5.11 Å². The molecule has 5 nitrogen and oxygen atoms in total. The molecule has 1 saturated carbocycles. The van der Waals surface area contributed by atoms with Gasteiger partial charge in [-0.1, -0.05) is 19.8 Å². The van der Waals surface area contributed by atoms with Gasteiger partial charge in [-0.2, -0.15) is 0 Å². The first-order valence-corrected chi connectivity index (χ1v) is 6.76. The van der Waals surface area contributed by atoms with Crippen LogP contribution in [-0.2, 0) is 14.8 Å². The standard InChI is InChI=1S/C9H17NO4S/c1-2-8(9(11)12)10-15(13,14)7-5-3-4-6-7/h7-8,10H,2-6H2,1H3,(H,11,12)/t8-/m0/s1. The van der Waals surface area contributed by atoms with Crippen LogP contribution in [0.3, 0.4) is 0 Å². The molecule has 0 aromatic carbocycles. The summed E-state index contributed by atoms with van der Waals surface area (Å²) in [5.74, 6) is -1.11. The number of carboxylic acid groups (broad SMARTS) is 1. The molecule has 0 aromatic heterocycles. The Kier molecular flexibility index (Phi) is 4.10. The van der Waals surface area contributed by atoms with Gasteiger partial charge in [0.2, 0.25) is 10.0 Å². The second kappa shape index (κ2) is 4.94. The van der Waals surface area contributed by atoms with Crippen molar-refractivity contribution >= 4 is 16.0 Å². The van der Waals surface area contributed by atoms with Crippen LogP contribution < -0.4 is 4.72 Å². The number of hydrogen-bond donors (Lipinski definition) is 2. The SMILES string of the molecule is CC[C@H](NS(=O)(=O)C1CCCC1)C(=O)O. The Hall–Kier alpha value is -0.620. The van der Waals surface area contributed by atoms with Crippen molar-refractivity contribution in [3.63, 3.8) is 0 Å². The van der Waals surface area contributed by atoms with Crippen LogP contribution in [0.2, 0.25) is 0 Å². The second-order valence-electron chi connectivity index (χ2n) is 3.87. The van der Waals surface area contributed by atoms with Crippen LogP contribution >= 0.6 is 0 Å². The average Bonchev–Trinajstić information content (AvgIpc) is 2.67. The summed E-state index contributed by atoms with van der Waals surface area (Å²) in [7, 11) is -3.45. The molecule has 0 aliphatic heterocycles. The summed E-state index contributed by atoms with van der Waals surface area (Å²) in [6.45, 7) is 1.65. The summed E-state index contributed by atoms with van der Waals surface area (Å²) >= 11 is 0. The Balaban J connectivity index is 2.65. The summed E-state index contributed by atoms with van der Waals surface area (Å²) in [5.41, 5.74) is 0. The molecule has 88 valence electrons. The van der Waals surface area contributed by atoms with Crippen LogP contribution in [0.5, 0.6) is 0 Å². The van der Waals surface area contributed by atoms with E-state index in [0.717, 1.165) is 12.8 Å². The van der Waals surface area contributed by atoms with Gasteiger partial charge in [-0.05, 0) is 19.3 Å². The molecule has 0 unspecified atom stereocenters. The Morgan fingerprint density at radius 2 is 2.00 bits per heavy atom. The monoisotopic (exact) mass is 235 g/mol. The molecular weight excluding hydrogens is 218 g/mol. The van der Waals surface area contributed by atoms with E-state index in [4.69, 9.17) is 5.11 Å². The van der Waals surface area contributed by atoms with Gasteiger partial charge in [-0.25, -0.2) is 13.1 Å². The van der Waals surface area contributed by atoms with Crippen LogP contribution in [0, 0.1) is 0 Å². The summed E-state index contributed by atoms with van der Waals surface area (Å²) in [6.07, 6.45) is 3.38. The van der Waals surface area contributed by atoms with E-state index in [-0.39, 0.29) is 6.42 Å². The van der Waals surface area contributed by atoms with Gasteiger partial charge in [-0.15, -0.1) is 0 Å². The minimum Gasteiger partial charge on any atom is -0.480 e. The van der Waals surface area contributed by atoms with Gasteiger partial charge >= 0.3 is 5.97 Å². The highest BCUT2D eigenvalue weighted by Crippen LogP contribution is 2.24. The Morgan fingerprint density at radius 1 is 1.47 bits per heavy atom. The number of sulfonamides is 1. The minimum atomic E-state index is -3.45. The van der Waals surface area contributed by atoms with E-state index < -0.39 is 27.3 Å². The molecule has 15 heavy (non-hydrogen) atoms. The normalized spacial score (nSPS) is 20.3. The molecule has 0 saturated heterocycles. The van der Waals surface area contributed by atoms with Crippen molar-refractivity contribution in [2.75, 3.05) is 0 Å². The van der Waals surface area contributed by atoms with E-state index in [0.29, 0.717) is 12.8 Å². The van der Waals surface area contributed by atoms with E-state index >= 15 is 0 Å². The topological polar surface area (TPSA) is 83.5 Å². The quantitative estimate of drug-likeness (QED) is 0.735. The predicted molar refractivity (Wildman–Crippen MR) is 56.0 cm³/mol. The average molecular weight is 235 g/mol. The third kappa shape index (κ3) is 3.17. The molecule has 0 radical (unpaired) electrons. The van der Waals surface area contributed by atoms with Gasteiger partial charge in [0, 0.05) is 0 Å². The Labute approximate surface area is 89.9 Å². The van der Waals surface area contributed by atoms with Gasteiger partial charge in [0.15, 0.2) is 0 Å². The summed E-state index contributed by atoms with van der Waals surface area (Å²) < 4.78 is 25.7. The molecule has 1 atom stereocenters. The van der Waals surface area contributed by atoms with Crippen LogP contribution in [0.1, 0.15) is 39.0 Å². The fraction of sp³-hybridized carbons (Fsp3) is 0.889. The van der Waals surface area contributed by atoms with Crippen LogP contribution in [0.15, 0.2) is 0 Å². The Morgan fingerprint density at radius 3 is 2.40 bits per heavy atom. The molecule has 0 spiro atoms. The fourth-order valence-corrected chi connectivity index (χ4v) is 3.61. The molecular formula is C9H17NO4S. The van der Waals surface area contributed by atoms with Crippen molar-refractivity contribution < 1.29 is 18.3 Å². The highest BCUT2D eigenvalue weighted by molar-refractivity contribution is 7.90. The van der Waals surface area contributed by atoms with Crippen molar-refractivity contribution in [1.82, 2.24) is 4.72 Å². The minimum absolute atomic E-state index is 0.265. The lowest BCUT2D eigenvalue weighted by Crippen LogP contribution is -2.44. The van der Waals surface area contributed by atoms with Gasteiger partial charge in [0.1, 0.15) is 6.04 Å². The first kappa shape index (κ1) is 12.4. The molecule has 1 aliphatic rings. The van der Waals surface area contributed by atoms with Gasteiger partial charge in [0.05, 0.1) is 5.25 Å². The summed E-state index contributed by atoms with van der Waals surface area (Å²) in [5, 5.41) is 8.36. The molecule has 1 fully saturated rings. The lowest BCUT2D eigenvalue weighted by atomic mass is 10.2. The highest BCUT2D eigenvalue weighted by atomic mass is 32.2. The number of hydrogen-bond acceptors (Lipinski definition) is 3. The van der Waals surface area contributed by atoms with E-state index in [1.54, 1.807) is 6.92 Å². The highest BCUT2D eigenvalue weighted by Gasteiger charge is 2.31. The predicted octanol–water partition coefficient (Wildman–Crippen LogP) is 0.712. The number of carboxylic acids is 1. The van der Waals surface area contributed by atoms with E-state index in [1.165, 1.54) is 0 Å². The zero-order valence-corrected chi connectivity index (χ0v) is 9.59. The molecule has 0 bridgehead atoms. The lowest BCUT2D eigenvalue weighted by Gasteiger charge is -2.16. The molecule has 0 aromatic rings. The van der Waals surface area contributed by atoms with Crippen molar-refractivity contribution in [2.24, 2.45) is 0 Å². The largest absolute Gasteiger partial charge is 0.480 e.